The lowest BCUT2D eigenvalue weighted by Gasteiger charge is -2.22. The van der Waals surface area contributed by atoms with Gasteiger partial charge in [0.25, 0.3) is 0 Å². The maximum absolute atomic E-state index is 11.8. The largest absolute Gasteiger partial charge is 0.464 e. The molecule has 108 valence electrons. The lowest BCUT2D eigenvalue weighted by atomic mass is 10.2. The van der Waals surface area contributed by atoms with Crippen LogP contribution in [-0.2, 0) is 19.1 Å². The molecule has 0 aromatic carbocycles. The molecule has 0 aromatic heterocycles. The molecule has 7 nitrogen and oxygen atoms in total. The Bertz CT molecular complexity index is 375. The van der Waals surface area contributed by atoms with Crippen molar-refractivity contribution in [1.29, 1.82) is 0 Å². The summed E-state index contributed by atoms with van der Waals surface area (Å²) in [5.41, 5.74) is -0.629. The number of esters is 1. The number of cyclic esters (lactones) is 1. The maximum Gasteiger partial charge on any atom is 0.408 e. The molecule has 0 aliphatic carbocycles. The Hall–Kier alpha value is -1.79. The molecule has 0 radical (unpaired) electrons. The number of nitrogens with one attached hydrogen (secondary N) is 2. The first kappa shape index (κ1) is 15.3. The minimum Gasteiger partial charge on any atom is -0.464 e. The molecule has 0 unspecified atom stereocenters. The SMILES string of the molecule is C[C@H](NC(=O)OC(C)(C)C)C(=O)N[C@H]1CCOC1=O. The van der Waals surface area contributed by atoms with Crippen LogP contribution in [0.1, 0.15) is 34.1 Å². The van der Waals surface area contributed by atoms with Crippen molar-refractivity contribution in [2.45, 2.75) is 51.8 Å². The minimum atomic E-state index is -0.789. The average molecular weight is 272 g/mol. The third-order valence-electron chi connectivity index (χ3n) is 2.38. The van der Waals surface area contributed by atoms with Crippen molar-refractivity contribution in [1.82, 2.24) is 10.6 Å². The smallest absolute Gasteiger partial charge is 0.408 e. The number of amides is 2. The Morgan fingerprint density at radius 2 is 2.05 bits per heavy atom. The highest BCUT2D eigenvalue weighted by Crippen LogP contribution is 2.08. The van der Waals surface area contributed by atoms with Crippen LogP contribution in [0.15, 0.2) is 0 Å². The summed E-state index contributed by atoms with van der Waals surface area (Å²) in [6, 6.07) is -1.42. The van der Waals surface area contributed by atoms with Crippen LogP contribution < -0.4 is 10.6 Å². The molecule has 1 rings (SSSR count). The third kappa shape index (κ3) is 5.15. The topological polar surface area (TPSA) is 93.7 Å². The van der Waals surface area contributed by atoms with E-state index in [9.17, 15) is 14.4 Å². The Labute approximate surface area is 112 Å². The first-order chi connectivity index (χ1) is 8.69. The highest BCUT2D eigenvalue weighted by Gasteiger charge is 2.30. The van der Waals surface area contributed by atoms with Crippen LogP contribution in [0.2, 0.25) is 0 Å². The number of carbonyl (C=O) groups excluding carboxylic acids is 3. The Morgan fingerprint density at radius 3 is 2.53 bits per heavy atom. The second kappa shape index (κ2) is 5.90. The van der Waals surface area contributed by atoms with E-state index in [-0.39, 0.29) is 0 Å². The predicted octanol–water partition coefficient (Wildman–Crippen LogP) is 0.331. The van der Waals surface area contributed by atoms with Crippen molar-refractivity contribution in [2.24, 2.45) is 0 Å². The molecule has 0 spiro atoms. The summed E-state index contributed by atoms with van der Waals surface area (Å²) in [6.45, 7) is 7.00. The van der Waals surface area contributed by atoms with Gasteiger partial charge in [-0.25, -0.2) is 9.59 Å². The lowest BCUT2D eigenvalue weighted by Crippen LogP contribution is -2.50. The van der Waals surface area contributed by atoms with Crippen LogP contribution >= 0.6 is 0 Å². The molecule has 19 heavy (non-hydrogen) atoms. The standard InChI is InChI=1S/C12H20N2O5/c1-7(13-11(17)19-12(2,3)4)9(15)14-8-5-6-18-10(8)16/h7-8H,5-6H2,1-4H3,(H,13,17)(H,14,15)/t7-,8-/m0/s1. The van der Waals surface area contributed by atoms with Crippen LogP contribution in [0.25, 0.3) is 0 Å². The van der Waals surface area contributed by atoms with Gasteiger partial charge >= 0.3 is 12.1 Å². The number of carbonyl (C=O) groups is 3. The minimum absolute atomic E-state index is 0.303. The molecule has 0 bridgehead atoms. The van der Waals surface area contributed by atoms with Gasteiger partial charge in [0.15, 0.2) is 0 Å². The van der Waals surface area contributed by atoms with E-state index < -0.39 is 35.7 Å². The first-order valence-electron chi connectivity index (χ1n) is 6.15. The van der Waals surface area contributed by atoms with Crippen LogP contribution in [0, 0.1) is 0 Å². The summed E-state index contributed by atoms with van der Waals surface area (Å²) < 4.78 is 9.76. The molecular formula is C12H20N2O5. The van der Waals surface area contributed by atoms with Gasteiger partial charge in [-0.2, -0.15) is 0 Å². The van der Waals surface area contributed by atoms with Gasteiger partial charge in [0.1, 0.15) is 17.7 Å². The summed E-state index contributed by atoms with van der Waals surface area (Å²) in [5.74, 6) is -0.896. The van der Waals surface area contributed by atoms with Gasteiger partial charge in [-0.1, -0.05) is 0 Å². The maximum atomic E-state index is 11.8. The highest BCUT2D eigenvalue weighted by molar-refractivity contribution is 5.89. The van der Waals surface area contributed by atoms with E-state index in [1.807, 2.05) is 0 Å². The predicted molar refractivity (Wildman–Crippen MR) is 66.3 cm³/mol. The van der Waals surface area contributed by atoms with Gasteiger partial charge in [-0.15, -0.1) is 0 Å². The molecule has 2 amide bonds. The normalized spacial score (nSPS) is 20.4. The summed E-state index contributed by atoms with van der Waals surface area (Å²) in [4.78, 5) is 34.4. The summed E-state index contributed by atoms with van der Waals surface area (Å²) >= 11 is 0. The number of hydrogen-bond acceptors (Lipinski definition) is 5. The average Bonchev–Trinajstić information content (AvgIpc) is 2.61. The van der Waals surface area contributed by atoms with Crippen molar-refractivity contribution in [3.8, 4) is 0 Å². The number of hydrogen-bond donors (Lipinski definition) is 2. The van der Waals surface area contributed by atoms with E-state index in [1.54, 1.807) is 20.8 Å². The van der Waals surface area contributed by atoms with Gasteiger partial charge in [-0.05, 0) is 27.7 Å². The van der Waals surface area contributed by atoms with Gasteiger partial charge < -0.3 is 20.1 Å². The zero-order valence-electron chi connectivity index (χ0n) is 11.6. The molecule has 1 aliphatic rings. The van der Waals surface area contributed by atoms with E-state index in [2.05, 4.69) is 10.6 Å². The summed E-state index contributed by atoms with van der Waals surface area (Å²) in [6.07, 6.45) is -0.229. The number of ether oxygens (including phenoxy) is 2. The first-order valence-corrected chi connectivity index (χ1v) is 6.15. The molecule has 1 heterocycles. The Balaban J connectivity index is 2.40. The van der Waals surface area contributed by atoms with Crippen molar-refractivity contribution in [2.75, 3.05) is 6.61 Å². The molecule has 2 N–H and O–H groups in total. The fraction of sp³-hybridized carbons (Fsp3) is 0.750. The van der Waals surface area contributed by atoms with E-state index >= 15 is 0 Å². The lowest BCUT2D eigenvalue weighted by molar-refractivity contribution is -0.141. The molecule has 2 atom stereocenters. The van der Waals surface area contributed by atoms with E-state index in [0.29, 0.717) is 13.0 Å². The molecule has 7 heteroatoms. The van der Waals surface area contributed by atoms with Crippen molar-refractivity contribution >= 4 is 18.0 Å². The Morgan fingerprint density at radius 1 is 1.42 bits per heavy atom. The van der Waals surface area contributed by atoms with Crippen LogP contribution in [0.3, 0.4) is 0 Å². The van der Waals surface area contributed by atoms with Gasteiger partial charge in [-0.3, -0.25) is 4.79 Å². The number of alkyl carbamates (subject to hydrolysis) is 1. The zero-order valence-corrected chi connectivity index (χ0v) is 11.6. The summed E-state index contributed by atoms with van der Waals surface area (Å²) in [7, 11) is 0. The van der Waals surface area contributed by atoms with Gasteiger partial charge in [0.2, 0.25) is 5.91 Å². The molecule has 0 aromatic rings. The van der Waals surface area contributed by atoms with Crippen LogP contribution in [0.5, 0.6) is 0 Å². The highest BCUT2D eigenvalue weighted by atomic mass is 16.6. The molecule has 0 saturated carbocycles. The second-order valence-corrected chi connectivity index (χ2v) is 5.39. The fourth-order valence-electron chi connectivity index (χ4n) is 1.47. The fourth-order valence-corrected chi connectivity index (χ4v) is 1.47. The molecule has 1 fully saturated rings. The Kier molecular flexibility index (Phi) is 4.74. The molecular weight excluding hydrogens is 252 g/mol. The second-order valence-electron chi connectivity index (χ2n) is 5.39. The van der Waals surface area contributed by atoms with E-state index in [0.717, 1.165) is 0 Å². The van der Waals surface area contributed by atoms with Crippen LogP contribution in [-0.4, -0.2) is 42.3 Å². The van der Waals surface area contributed by atoms with Gasteiger partial charge in [0.05, 0.1) is 6.61 Å². The monoisotopic (exact) mass is 272 g/mol. The molecule has 1 aliphatic heterocycles. The van der Waals surface area contributed by atoms with Gasteiger partial charge in [0, 0.05) is 6.42 Å². The molecule has 1 saturated heterocycles. The van der Waals surface area contributed by atoms with E-state index in [1.165, 1.54) is 6.92 Å². The van der Waals surface area contributed by atoms with Crippen molar-refractivity contribution in [3.05, 3.63) is 0 Å². The third-order valence-corrected chi connectivity index (χ3v) is 2.38. The summed E-state index contributed by atoms with van der Waals surface area (Å²) in [5, 5.41) is 4.91. The number of rotatable bonds is 3. The zero-order chi connectivity index (χ0) is 14.6. The van der Waals surface area contributed by atoms with Crippen molar-refractivity contribution in [3.63, 3.8) is 0 Å². The van der Waals surface area contributed by atoms with E-state index in [4.69, 9.17) is 9.47 Å². The van der Waals surface area contributed by atoms with Crippen LogP contribution in [0.4, 0.5) is 4.79 Å². The quantitative estimate of drug-likeness (QED) is 0.722. The van der Waals surface area contributed by atoms with Crippen molar-refractivity contribution < 1.29 is 23.9 Å².